The van der Waals surface area contributed by atoms with Crippen LogP contribution in [0.1, 0.15) is 44.8 Å². The molecular formula is C20H21N5O. The summed E-state index contributed by atoms with van der Waals surface area (Å²) < 4.78 is 2.28. The number of anilines is 1. The summed E-state index contributed by atoms with van der Waals surface area (Å²) in [6.45, 7) is 3.31. The summed E-state index contributed by atoms with van der Waals surface area (Å²) in [7, 11) is 0. The molecule has 26 heavy (non-hydrogen) atoms. The molecule has 1 aliphatic carbocycles. The van der Waals surface area contributed by atoms with E-state index in [-0.39, 0.29) is 5.95 Å². The van der Waals surface area contributed by atoms with Crippen LogP contribution in [0.25, 0.3) is 22.2 Å². The fourth-order valence-corrected chi connectivity index (χ4v) is 3.13. The fourth-order valence-electron chi connectivity index (χ4n) is 3.13. The maximum Gasteiger partial charge on any atom is 0.220 e. The Hall–Kier alpha value is -2.91. The van der Waals surface area contributed by atoms with E-state index >= 15 is 0 Å². The van der Waals surface area contributed by atoms with Crippen molar-refractivity contribution in [2.24, 2.45) is 0 Å². The molecule has 3 N–H and O–H groups in total. The van der Waals surface area contributed by atoms with E-state index in [0.717, 1.165) is 22.2 Å². The number of fused-ring (bicyclic) bond motifs is 1. The predicted molar refractivity (Wildman–Crippen MR) is 101 cm³/mol. The molecule has 1 aliphatic rings. The topological polar surface area (TPSA) is 89.9 Å². The molecule has 3 heterocycles. The van der Waals surface area contributed by atoms with E-state index in [9.17, 15) is 5.11 Å². The molecule has 132 valence electrons. The minimum absolute atomic E-state index is 0.253. The molecule has 0 amide bonds. The number of hydrogen-bond donors (Lipinski definition) is 2. The Balaban J connectivity index is 1.89. The van der Waals surface area contributed by atoms with Crippen LogP contribution in [0.2, 0.25) is 0 Å². The number of pyridine rings is 1. The van der Waals surface area contributed by atoms with Crippen molar-refractivity contribution in [2.75, 3.05) is 5.73 Å². The number of hydrogen-bond acceptors (Lipinski definition) is 5. The zero-order valence-electron chi connectivity index (χ0n) is 14.9. The lowest BCUT2D eigenvalue weighted by molar-refractivity contribution is 0.143. The lowest BCUT2D eigenvalue weighted by Crippen LogP contribution is -2.16. The van der Waals surface area contributed by atoms with Gasteiger partial charge in [0.15, 0.2) is 0 Å². The summed E-state index contributed by atoms with van der Waals surface area (Å²) in [6.07, 6.45) is 9.26. The average molecular weight is 347 g/mol. The summed E-state index contributed by atoms with van der Waals surface area (Å²) in [4.78, 5) is 12.8. The molecule has 1 fully saturated rings. The Kier molecular flexibility index (Phi) is 3.89. The molecule has 3 aromatic rings. The Bertz CT molecular complexity index is 1030. The molecule has 0 atom stereocenters. The molecule has 0 aromatic carbocycles. The SMILES string of the molecule is CC(C)(O)C#Cc1cc2c(-c3ccnc(N)n3)cn(C3CCC3)c2cn1. The third-order valence-electron chi connectivity index (χ3n) is 4.63. The molecule has 6 heteroatoms. The van der Waals surface area contributed by atoms with Gasteiger partial charge in [-0.25, -0.2) is 15.0 Å². The summed E-state index contributed by atoms with van der Waals surface area (Å²) in [5, 5.41) is 10.9. The van der Waals surface area contributed by atoms with Crippen molar-refractivity contribution in [3.8, 4) is 23.1 Å². The van der Waals surface area contributed by atoms with E-state index in [2.05, 4.69) is 37.6 Å². The monoisotopic (exact) mass is 347 g/mol. The van der Waals surface area contributed by atoms with Crippen LogP contribution in [0.15, 0.2) is 30.7 Å². The van der Waals surface area contributed by atoms with Gasteiger partial charge in [-0.3, -0.25) is 0 Å². The van der Waals surface area contributed by atoms with E-state index in [1.807, 2.05) is 18.3 Å². The first-order valence-electron chi connectivity index (χ1n) is 8.76. The van der Waals surface area contributed by atoms with E-state index < -0.39 is 5.60 Å². The largest absolute Gasteiger partial charge is 0.378 e. The second-order valence-corrected chi connectivity index (χ2v) is 7.23. The minimum Gasteiger partial charge on any atom is -0.378 e. The number of aliphatic hydroxyl groups is 1. The molecule has 0 radical (unpaired) electrons. The van der Waals surface area contributed by atoms with Crippen molar-refractivity contribution in [3.05, 3.63) is 36.4 Å². The van der Waals surface area contributed by atoms with Crippen LogP contribution in [-0.2, 0) is 0 Å². The van der Waals surface area contributed by atoms with Crippen LogP contribution >= 0.6 is 0 Å². The van der Waals surface area contributed by atoms with Crippen molar-refractivity contribution >= 4 is 16.9 Å². The number of aromatic nitrogens is 4. The maximum atomic E-state index is 9.84. The molecule has 6 nitrogen and oxygen atoms in total. The quantitative estimate of drug-likeness (QED) is 0.696. The first kappa shape index (κ1) is 16.6. The van der Waals surface area contributed by atoms with Crippen molar-refractivity contribution in [1.82, 2.24) is 19.5 Å². The number of nitrogens with two attached hydrogens (primary N) is 1. The summed E-state index contributed by atoms with van der Waals surface area (Å²) in [5.41, 5.74) is 8.19. The molecule has 1 saturated carbocycles. The maximum absolute atomic E-state index is 9.84. The first-order chi connectivity index (χ1) is 12.4. The second-order valence-electron chi connectivity index (χ2n) is 7.23. The predicted octanol–water partition coefficient (Wildman–Crippen LogP) is 2.92. The molecular weight excluding hydrogens is 326 g/mol. The standard InChI is InChI=1S/C20H21N5O/c1-20(2,26)8-6-13-10-15-16(17-7-9-22-19(21)24-17)12-25(14-4-3-5-14)18(15)11-23-13/h7,9-12,14,26H,3-5H2,1-2H3,(H2,21,22,24). The van der Waals surface area contributed by atoms with E-state index in [1.54, 1.807) is 20.0 Å². The fraction of sp³-hybridized carbons (Fsp3) is 0.350. The Labute approximate surface area is 152 Å². The van der Waals surface area contributed by atoms with E-state index in [0.29, 0.717) is 11.7 Å². The summed E-state index contributed by atoms with van der Waals surface area (Å²) in [5.74, 6) is 6.02. The highest BCUT2D eigenvalue weighted by atomic mass is 16.3. The molecule has 0 bridgehead atoms. The van der Waals surface area contributed by atoms with Crippen molar-refractivity contribution in [2.45, 2.75) is 44.8 Å². The summed E-state index contributed by atoms with van der Waals surface area (Å²) in [6, 6.07) is 4.32. The Morgan fingerprint density at radius 3 is 2.77 bits per heavy atom. The Morgan fingerprint density at radius 1 is 1.31 bits per heavy atom. The van der Waals surface area contributed by atoms with Gasteiger partial charge in [-0.2, -0.15) is 0 Å². The van der Waals surface area contributed by atoms with Gasteiger partial charge in [0, 0.05) is 29.4 Å². The van der Waals surface area contributed by atoms with Gasteiger partial charge in [-0.1, -0.05) is 5.92 Å². The molecule has 0 saturated heterocycles. The molecule has 4 rings (SSSR count). The van der Waals surface area contributed by atoms with Crippen molar-refractivity contribution in [1.29, 1.82) is 0 Å². The number of nitrogens with zero attached hydrogens (tertiary/aromatic N) is 4. The third-order valence-corrected chi connectivity index (χ3v) is 4.63. The molecule has 0 aliphatic heterocycles. The highest BCUT2D eigenvalue weighted by Gasteiger charge is 2.23. The molecule has 0 unspecified atom stereocenters. The highest BCUT2D eigenvalue weighted by molar-refractivity contribution is 5.95. The van der Waals surface area contributed by atoms with Gasteiger partial charge >= 0.3 is 0 Å². The van der Waals surface area contributed by atoms with E-state index in [4.69, 9.17) is 5.73 Å². The zero-order valence-corrected chi connectivity index (χ0v) is 14.9. The highest BCUT2D eigenvalue weighted by Crippen LogP contribution is 2.38. The minimum atomic E-state index is -1.06. The van der Waals surface area contributed by atoms with Gasteiger partial charge in [-0.05, 0) is 51.2 Å². The van der Waals surface area contributed by atoms with Gasteiger partial charge in [-0.15, -0.1) is 0 Å². The van der Waals surface area contributed by atoms with Gasteiger partial charge in [0.05, 0.1) is 17.4 Å². The van der Waals surface area contributed by atoms with E-state index in [1.165, 1.54) is 19.3 Å². The lowest BCUT2D eigenvalue weighted by atomic mass is 9.93. The van der Waals surface area contributed by atoms with Crippen LogP contribution < -0.4 is 5.73 Å². The normalized spacial score (nSPS) is 14.7. The zero-order chi connectivity index (χ0) is 18.3. The van der Waals surface area contributed by atoms with Gasteiger partial charge in [0.2, 0.25) is 5.95 Å². The molecule has 3 aromatic heterocycles. The van der Waals surface area contributed by atoms with Crippen LogP contribution in [0, 0.1) is 11.8 Å². The third kappa shape index (κ3) is 3.14. The van der Waals surface area contributed by atoms with Crippen molar-refractivity contribution in [3.63, 3.8) is 0 Å². The van der Waals surface area contributed by atoms with Crippen LogP contribution in [0.3, 0.4) is 0 Å². The molecule has 0 spiro atoms. The Morgan fingerprint density at radius 2 is 2.12 bits per heavy atom. The summed E-state index contributed by atoms with van der Waals surface area (Å²) >= 11 is 0. The van der Waals surface area contributed by atoms with Gasteiger partial charge < -0.3 is 15.4 Å². The van der Waals surface area contributed by atoms with Crippen molar-refractivity contribution < 1.29 is 5.11 Å². The second kappa shape index (κ2) is 6.11. The van der Waals surface area contributed by atoms with Crippen LogP contribution in [-0.4, -0.2) is 30.2 Å². The van der Waals surface area contributed by atoms with Crippen LogP contribution in [0.4, 0.5) is 5.95 Å². The lowest BCUT2D eigenvalue weighted by Gasteiger charge is -2.27. The first-order valence-corrected chi connectivity index (χ1v) is 8.76. The van der Waals surface area contributed by atoms with Gasteiger partial charge in [0.25, 0.3) is 0 Å². The van der Waals surface area contributed by atoms with Gasteiger partial charge in [0.1, 0.15) is 11.3 Å². The smallest absolute Gasteiger partial charge is 0.220 e. The number of nitrogen functional groups attached to an aromatic ring is 1. The van der Waals surface area contributed by atoms with Crippen LogP contribution in [0.5, 0.6) is 0 Å². The number of rotatable bonds is 2. The average Bonchev–Trinajstić information content (AvgIpc) is 2.89.